The van der Waals surface area contributed by atoms with Crippen LogP contribution in [0.1, 0.15) is 11.6 Å². The van der Waals surface area contributed by atoms with E-state index in [2.05, 4.69) is 10.6 Å². The highest BCUT2D eigenvalue weighted by Gasteiger charge is 2.15. The Morgan fingerprint density at radius 3 is 2.38 bits per heavy atom. The number of nitrogens with two attached hydrogens (primary N) is 1. The second-order valence-electron chi connectivity index (χ2n) is 3.82. The molecule has 1 aromatic carbocycles. The van der Waals surface area contributed by atoms with Gasteiger partial charge < -0.3 is 10.6 Å². The maximum atomic E-state index is 11.1. The summed E-state index contributed by atoms with van der Waals surface area (Å²) < 4.78 is 22.1. The average Bonchev–Trinajstić information content (AvgIpc) is 2.29. The minimum absolute atomic E-state index is 0.153. The van der Waals surface area contributed by atoms with Crippen LogP contribution in [-0.2, 0) is 10.0 Å². The van der Waals surface area contributed by atoms with Crippen molar-refractivity contribution in [3.63, 3.8) is 0 Å². The van der Waals surface area contributed by atoms with E-state index in [4.69, 9.17) is 5.14 Å². The fourth-order valence-electron chi connectivity index (χ4n) is 1.78. The Morgan fingerprint density at radius 1 is 1.19 bits per heavy atom. The topological polar surface area (TPSA) is 84.2 Å². The van der Waals surface area contributed by atoms with E-state index in [9.17, 15) is 8.42 Å². The van der Waals surface area contributed by atoms with Gasteiger partial charge in [0, 0.05) is 25.7 Å². The Bertz CT molecular complexity index is 449. The molecule has 1 aromatic rings. The second kappa shape index (κ2) is 4.50. The van der Waals surface area contributed by atoms with E-state index in [0.29, 0.717) is 0 Å². The fourth-order valence-corrected chi connectivity index (χ4v) is 2.29. The molecule has 88 valence electrons. The number of nitrogens with one attached hydrogen (secondary N) is 2. The first kappa shape index (κ1) is 11.5. The fraction of sp³-hybridized carbons (Fsp3) is 0.400. The average molecular weight is 241 g/mol. The van der Waals surface area contributed by atoms with Gasteiger partial charge in [-0.25, -0.2) is 13.6 Å². The molecule has 4 N–H and O–H groups in total. The van der Waals surface area contributed by atoms with Gasteiger partial charge in [-0.1, -0.05) is 12.1 Å². The van der Waals surface area contributed by atoms with Crippen LogP contribution in [0.2, 0.25) is 0 Å². The van der Waals surface area contributed by atoms with Gasteiger partial charge in [-0.3, -0.25) is 0 Å². The lowest BCUT2D eigenvalue weighted by Crippen LogP contribution is -2.42. The zero-order chi connectivity index (χ0) is 11.6. The predicted octanol–water partition coefficient (Wildman–Crippen LogP) is -0.432. The molecule has 5 nitrogen and oxygen atoms in total. The predicted molar refractivity (Wildman–Crippen MR) is 61.4 cm³/mol. The molecule has 0 amide bonds. The zero-order valence-electron chi connectivity index (χ0n) is 8.81. The highest BCUT2D eigenvalue weighted by atomic mass is 32.2. The highest BCUT2D eigenvalue weighted by molar-refractivity contribution is 7.89. The number of piperazine rings is 1. The lowest BCUT2D eigenvalue weighted by molar-refractivity contribution is 0.430. The molecule has 0 radical (unpaired) electrons. The van der Waals surface area contributed by atoms with E-state index in [1.54, 1.807) is 24.3 Å². The molecule has 0 spiro atoms. The summed E-state index contributed by atoms with van der Waals surface area (Å²) in [6.45, 7) is 2.74. The molecule has 1 unspecified atom stereocenters. The maximum absolute atomic E-state index is 11.1. The van der Waals surface area contributed by atoms with Crippen LogP contribution in [0.3, 0.4) is 0 Å². The summed E-state index contributed by atoms with van der Waals surface area (Å²) in [5, 5.41) is 11.7. The monoisotopic (exact) mass is 241 g/mol. The van der Waals surface area contributed by atoms with E-state index >= 15 is 0 Å². The van der Waals surface area contributed by atoms with Gasteiger partial charge in [0.2, 0.25) is 10.0 Å². The molecule has 0 bridgehead atoms. The zero-order valence-corrected chi connectivity index (χ0v) is 9.63. The van der Waals surface area contributed by atoms with Gasteiger partial charge in [0.1, 0.15) is 0 Å². The molecule has 0 aromatic heterocycles. The number of sulfonamides is 1. The SMILES string of the molecule is NS(=O)(=O)c1ccc(C2CNCCN2)cc1. The van der Waals surface area contributed by atoms with Crippen LogP contribution < -0.4 is 15.8 Å². The van der Waals surface area contributed by atoms with E-state index in [-0.39, 0.29) is 10.9 Å². The molecule has 1 aliphatic heterocycles. The highest BCUT2D eigenvalue weighted by Crippen LogP contribution is 2.16. The minimum atomic E-state index is -3.59. The molecule has 1 heterocycles. The first-order valence-electron chi connectivity index (χ1n) is 5.14. The van der Waals surface area contributed by atoms with Crippen molar-refractivity contribution in [2.75, 3.05) is 19.6 Å². The van der Waals surface area contributed by atoms with Gasteiger partial charge >= 0.3 is 0 Å². The smallest absolute Gasteiger partial charge is 0.238 e. The minimum Gasteiger partial charge on any atom is -0.314 e. The van der Waals surface area contributed by atoms with E-state index in [0.717, 1.165) is 25.2 Å². The Hall–Kier alpha value is -0.950. The van der Waals surface area contributed by atoms with Crippen LogP contribution in [-0.4, -0.2) is 28.1 Å². The van der Waals surface area contributed by atoms with Crippen LogP contribution in [0.25, 0.3) is 0 Å². The van der Waals surface area contributed by atoms with Crippen molar-refractivity contribution < 1.29 is 8.42 Å². The number of benzene rings is 1. The van der Waals surface area contributed by atoms with E-state index in [1.807, 2.05) is 0 Å². The summed E-state index contributed by atoms with van der Waals surface area (Å²) in [7, 11) is -3.59. The lowest BCUT2D eigenvalue weighted by atomic mass is 10.1. The number of hydrogen-bond donors (Lipinski definition) is 3. The van der Waals surface area contributed by atoms with Gasteiger partial charge in [-0.05, 0) is 17.7 Å². The second-order valence-corrected chi connectivity index (χ2v) is 5.39. The van der Waals surface area contributed by atoms with E-state index in [1.165, 1.54) is 0 Å². The molecule has 0 aliphatic carbocycles. The van der Waals surface area contributed by atoms with Crippen molar-refractivity contribution in [1.82, 2.24) is 10.6 Å². The van der Waals surface area contributed by atoms with E-state index < -0.39 is 10.0 Å². The molecular formula is C10H15N3O2S. The van der Waals surface area contributed by atoms with Crippen molar-refractivity contribution >= 4 is 10.0 Å². The Morgan fingerprint density at radius 2 is 1.88 bits per heavy atom. The van der Waals surface area contributed by atoms with Crippen LogP contribution in [0.4, 0.5) is 0 Å². The molecule has 0 saturated carbocycles. The van der Waals surface area contributed by atoms with Crippen molar-refractivity contribution in [2.24, 2.45) is 5.14 Å². The van der Waals surface area contributed by atoms with Crippen molar-refractivity contribution in [3.05, 3.63) is 29.8 Å². The summed E-state index contributed by atoms with van der Waals surface area (Å²) in [5.74, 6) is 0. The maximum Gasteiger partial charge on any atom is 0.238 e. The molecule has 1 saturated heterocycles. The van der Waals surface area contributed by atoms with Crippen molar-refractivity contribution in [2.45, 2.75) is 10.9 Å². The molecule has 1 fully saturated rings. The standard InChI is InChI=1S/C10H15N3O2S/c11-16(14,15)9-3-1-8(2-4-9)10-7-12-5-6-13-10/h1-4,10,12-13H,5-7H2,(H2,11,14,15). The summed E-state index contributed by atoms with van der Waals surface area (Å²) in [4.78, 5) is 0.153. The molecule has 6 heteroatoms. The third kappa shape index (κ3) is 2.59. The summed E-state index contributed by atoms with van der Waals surface area (Å²) in [6.07, 6.45) is 0. The molecule has 1 atom stereocenters. The lowest BCUT2D eigenvalue weighted by Gasteiger charge is -2.24. The van der Waals surface area contributed by atoms with Gasteiger partial charge in [0.15, 0.2) is 0 Å². The van der Waals surface area contributed by atoms with Crippen LogP contribution in [0.15, 0.2) is 29.2 Å². The third-order valence-electron chi connectivity index (χ3n) is 2.65. The van der Waals surface area contributed by atoms with Crippen LogP contribution in [0, 0.1) is 0 Å². The number of rotatable bonds is 2. The van der Waals surface area contributed by atoms with Gasteiger partial charge in [0.05, 0.1) is 4.90 Å². The Labute approximate surface area is 95.1 Å². The number of primary sulfonamides is 1. The largest absolute Gasteiger partial charge is 0.314 e. The van der Waals surface area contributed by atoms with Gasteiger partial charge in [-0.15, -0.1) is 0 Å². The quantitative estimate of drug-likeness (QED) is 0.656. The summed E-state index contributed by atoms with van der Waals surface area (Å²) in [5.41, 5.74) is 1.07. The number of hydrogen-bond acceptors (Lipinski definition) is 4. The summed E-state index contributed by atoms with van der Waals surface area (Å²) in [6, 6.07) is 6.92. The molecule has 16 heavy (non-hydrogen) atoms. The molecule has 1 aliphatic rings. The molecule has 2 rings (SSSR count). The van der Waals surface area contributed by atoms with Crippen molar-refractivity contribution in [3.8, 4) is 0 Å². The Balaban J connectivity index is 2.18. The Kier molecular flexibility index (Phi) is 3.25. The molecular weight excluding hydrogens is 226 g/mol. The van der Waals surface area contributed by atoms with Crippen LogP contribution >= 0.6 is 0 Å². The van der Waals surface area contributed by atoms with Gasteiger partial charge in [0.25, 0.3) is 0 Å². The normalized spacial score (nSPS) is 21.9. The first-order valence-corrected chi connectivity index (χ1v) is 6.69. The first-order chi connectivity index (χ1) is 7.57. The van der Waals surface area contributed by atoms with Crippen molar-refractivity contribution in [1.29, 1.82) is 0 Å². The van der Waals surface area contributed by atoms with Crippen LogP contribution in [0.5, 0.6) is 0 Å². The van der Waals surface area contributed by atoms with Gasteiger partial charge in [-0.2, -0.15) is 0 Å². The third-order valence-corrected chi connectivity index (χ3v) is 3.58. The summed E-state index contributed by atoms with van der Waals surface area (Å²) >= 11 is 0.